The van der Waals surface area contributed by atoms with E-state index in [1.54, 1.807) is 30.3 Å². The van der Waals surface area contributed by atoms with Crippen LogP contribution in [0.4, 0.5) is 5.69 Å². The van der Waals surface area contributed by atoms with Gasteiger partial charge in [-0.3, -0.25) is 4.79 Å². The average molecular weight is 477 g/mol. The summed E-state index contributed by atoms with van der Waals surface area (Å²) in [5, 5.41) is 2.80. The van der Waals surface area contributed by atoms with Gasteiger partial charge in [-0.25, -0.2) is 8.42 Å². The molecule has 33 heavy (non-hydrogen) atoms. The molecule has 1 N–H and O–H groups in total. The van der Waals surface area contributed by atoms with E-state index >= 15 is 0 Å². The van der Waals surface area contributed by atoms with Gasteiger partial charge in [0.2, 0.25) is 10.0 Å². The minimum Gasteiger partial charge on any atom is -0.494 e. The quantitative estimate of drug-likeness (QED) is 0.625. The van der Waals surface area contributed by atoms with Crippen LogP contribution in [0.1, 0.15) is 19.8 Å². The summed E-state index contributed by atoms with van der Waals surface area (Å²) in [7, 11) is -3.74. The number of ether oxygens (including phenoxy) is 4. The zero-order chi connectivity index (χ0) is 23.3. The van der Waals surface area contributed by atoms with E-state index in [1.807, 2.05) is 6.92 Å². The molecule has 4 rings (SSSR count). The number of anilines is 1. The van der Waals surface area contributed by atoms with Crippen LogP contribution in [0, 0.1) is 0 Å². The fourth-order valence-corrected chi connectivity index (χ4v) is 5.12. The Morgan fingerprint density at radius 3 is 2.48 bits per heavy atom. The summed E-state index contributed by atoms with van der Waals surface area (Å²) in [5.41, 5.74) is 0.263. The molecule has 2 saturated heterocycles. The van der Waals surface area contributed by atoms with Crippen LogP contribution >= 0.6 is 0 Å². The van der Waals surface area contributed by atoms with E-state index in [9.17, 15) is 13.2 Å². The van der Waals surface area contributed by atoms with Gasteiger partial charge in [-0.15, -0.1) is 0 Å². The second kappa shape index (κ2) is 10.5. The number of rotatable bonds is 8. The lowest BCUT2D eigenvalue weighted by molar-refractivity contribution is -0.124. The Hall–Kier alpha value is -2.66. The molecule has 0 spiro atoms. The molecule has 10 heteroatoms. The molecule has 1 amide bonds. The third-order valence-electron chi connectivity index (χ3n) is 5.40. The highest BCUT2D eigenvalue weighted by Gasteiger charge is 2.29. The standard InChI is InChI=1S/C23H28N2O7S/c1-2-30-17-5-7-18(8-6-17)32-21-10-9-19(33(27,28)25-11-14-29-15-12-25)16-20(21)24-23(26)22-4-3-13-31-22/h5-10,16,22H,2-4,11-15H2,1H3,(H,24,26). The maximum Gasteiger partial charge on any atom is 0.253 e. The van der Waals surface area contributed by atoms with Gasteiger partial charge < -0.3 is 24.3 Å². The first-order valence-corrected chi connectivity index (χ1v) is 12.5. The molecule has 0 radical (unpaired) electrons. The minimum absolute atomic E-state index is 0.0751. The van der Waals surface area contributed by atoms with E-state index in [0.29, 0.717) is 50.1 Å². The second-order valence-electron chi connectivity index (χ2n) is 7.67. The van der Waals surface area contributed by atoms with Crippen molar-refractivity contribution in [3.8, 4) is 17.2 Å². The Morgan fingerprint density at radius 2 is 1.82 bits per heavy atom. The molecule has 9 nitrogen and oxygen atoms in total. The van der Waals surface area contributed by atoms with Crippen molar-refractivity contribution >= 4 is 21.6 Å². The SMILES string of the molecule is CCOc1ccc(Oc2ccc(S(=O)(=O)N3CCOCC3)cc2NC(=O)C2CCCO2)cc1. The summed E-state index contributed by atoms with van der Waals surface area (Å²) in [6, 6.07) is 11.5. The molecule has 2 fully saturated rings. The molecule has 2 aliphatic heterocycles. The number of amides is 1. The number of carbonyl (C=O) groups excluding carboxylic acids is 1. The molecule has 0 bridgehead atoms. The third kappa shape index (κ3) is 5.64. The van der Waals surface area contributed by atoms with Gasteiger partial charge in [-0.05, 0) is 62.2 Å². The number of benzene rings is 2. The Labute approximate surface area is 193 Å². The molecular formula is C23H28N2O7S. The molecule has 0 aromatic heterocycles. The molecule has 2 aromatic carbocycles. The van der Waals surface area contributed by atoms with E-state index < -0.39 is 16.1 Å². The van der Waals surface area contributed by atoms with Crippen LogP contribution in [0.25, 0.3) is 0 Å². The van der Waals surface area contributed by atoms with Crippen LogP contribution in [0.2, 0.25) is 0 Å². The van der Waals surface area contributed by atoms with Crippen molar-refractivity contribution in [3.63, 3.8) is 0 Å². The number of nitrogens with zero attached hydrogens (tertiary/aromatic N) is 1. The van der Waals surface area contributed by atoms with Crippen LogP contribution in [-0.4, -0.2) is 64.3 Å². The van der Waals surface area contributed by atoms with Crippen LogP contribution in [-0.2, 0) is 24.3 Å². The highest BCUT2D eigenvalue weighted by Crippen LogP contribution is 2.34. The maximum atomic E-state index is 13.1. The summed E-state index contributed by atoms with van der Waals surface area (Å²) >= 11 is 0. The van der Waals surface area contributed by atoms with Gasteiger partial charge in [0.05, 0.1) is 30.4 Å². The van der Waals surface area contributed by atoms with E-state index in [0.717, 1.165) is 6.42 Å². The van der Waals surface area contributed by atoms with E-state index in [1.165, 1.54) is 16.4 Å². The zero-order valence-electron chi connectivity index (χ0n) is 18.5. The molecule has 1 atom stereocenters. The van der Waals surface area contributed by atoms with Crippen molar-refractivity contribution in [2.24, 2.45) is 0 Å². The van der Waals surface area contributed by atoms with Crippen molar-refractivity contribution in [2.45, 2.75) is 30.8 Å². The Bertz CT molecular complexity index is 1060. The lowest BCUT2D eigenvalue weighted by atomic mass is 10.2. The minimum atomic E-state index is -3.74. The molecule has 2 heterocycles. The van der Waals surface area contributed by atoms with Gasteiger partial charge >= 0.3 is 0 Å². The first-order chi connectivity index (χ1) is 16.0. The predicted molar refractivity (Wildman–Crippen MR) is 121 cm³/mol. The summed E-state index contributed by atoms with van der Waals surface area (Å²) in [6.07, 6.45) is 0.856. The summed E-state index contributed by atoms with van der Waals surface area (Å²) in [4.78, 5) is 12.8. The van der Waals surface area contributed by atoms with Gasteiger partial charge in [0.1, 0.15) is 17.6 Å². The van der Waals surface area contributed by atoms with E-state index in [4.69, 9.17) is 18.9 Å². The average Bonchev–Trinajstić information content (AvgIpc) is 3.37. The lowest BCUT2D eigenvalue weighted by Crippen LogP contribution is -2.40. The summed E-state index contributed by atoms with van der Waals surface area (Å²) in [6.45, 7) is 4.24. The second-order valence-corrected chi connectivity index (χ2v) is 9.61. The van der Waals surface area contributed by atoms with Gasteiger partial charge in [-0.1, -0.05) is 0 Å². The van der Waals surface area contributed by atoms with Gasteiger partial charge in [-0.2, -0.15) is 4.31 Å². The molecular weight excluding hydrogens is 448 g/mol. The molecule has 178 valence electrons. The van der Waals surface area contributed by atoms with Gasteiger partial charge in [0.15, 0.2) is 5.75 Å². The normalized spacial score (nSPS) is 19.2. The lowest BCUT2D eigenvalue weighted by Gasteiger charge is -2.26. The Kier molecular flexibility index (Phi) is 7.49. The van der Waals surface area contributed by atoms with Crippen LogP contribution in [0.15, 0.2) is 47.4 Å². The summed E-state index contributed by atoms with van der Waals surface area (Å²) < 4.78 is 49.8. The number of hydrogen-bond acceptors (Lipinski definition) is 7. The number of nitrogens with one attached hydrogen (secondary N) is 1. The van der Waals surface area contributed by atoms with E-state index in [2.05, 4.69) is 5.32 Å². The van der Waals surface area contributed by atoms with Crippen molar-refractivity contribution < 1.29 is 32.2 Å². The number of hydrogen-bond donors (Lipinski definition) is 1. The van der Waals surface area contributed by atoms with Gasteiger partial charge in [0.25, 0.3) is 5.91 Å². The fraction of sp³-hybridized carbons (Fsp3) is 0.435. The first-order valence-electron chi connectivity index (χ1n) is 11.0. The molecule has 1 unspecified atom stereocenters. The van der Waals surface area contributed by atoms with Crippen molar-refractivity contribution in [1.82, 2.24) is 4.31 Å². The largest absolute Gasteiger partial charge is 0.494 e. The van der Waals surface area contributed by atoms with Crippen LogP contribution in [0.5, 0.6) is 17.2 Å². The van der Waals surface area contributed by atoms with Crippen LogP contribution < -0.4 is 14.8 Å². The van der Waals surface area contributed by atoms with E-state index in [-0.39, 0.29) is 29.6 Å². The number of sulfonamides is 1. The molecule has 2 aliphatic rings. The van der Waals surface area contributed by atoms with Crippen molar-refractivity contribution in [3.05, 3.63) is 42.5 Å². The van der Waals surface area contributed by atoms with Crippen molar-refractivity contribution in [1.29, 1.82) is 0 Å². The van der Waals surface area contributed by atoms with Crippen molar-refractivity contribution in [2.75, 3.05) is 44.8 Å². The Balaban J connectivity index is 1.62. The summed E-state index contributed by atoms with van der Waals surface area (Å²) in [5.74, 6) is 1.23. The molecule has 0 saturated carbocycles. The monoisotopic (exact) mass is 476 g/mol. The molecule has 0 aliphatic carbocycles. The third-order valence-corrected chi connectivity index (χ3v) is 7.30. The fourth-order valence-electron chi connectivity index (χ4n) is 3.69. The van der Waals surface area contributed by atoms with Crippen LogP contribution in [0.3, 0.4) is 0 Å². The predicted octanol–water partition coefficient (Wildman–Crippen LogP) is 3.02. The first kappa shape index (κ1) is 23.5. The number of carbonyl (C=O) groups is 1. The topological polar surface area (TPSA) is 103 Å². The number of morpholine rings is 1. The Morgan fingerprint density at radius 1 is 1.09 bits per heavy atom. The molecule has 2 aromatic rings. The highest BCUT2D eigenvalue weighted by molar-refractivity contribution is 7.89. The smallest absolute Gasteiger partial charge is 0.253 e. The highest BCUT2D eigenvalue weighted by atomic mass is 32.2. The zero-order valence-corrected chi connectivity index (χ0v) is 19.3. The van der Waals surface area contributed by atoms with Gasteiger partial charge in [0, 0.05) is 19.7 Å². The maximum absolute atomic E-state index is 13.1.